The number of rotatable bonds is 5. The van der Waals surface area contributed by atoms with Gasteiger partial charge in [0.25, 0.3) is 0 Å². The first kappa shape index (κ1) is 22.7. The van der Waals surface area contributed by atoms with Gasteiger partial charge in [-0.15, -0.1) is 0 Å². The molecule has 0 saturated carbocycles. The molecule has 2 fully saturated rings. The van der Waals surface area contributed by atoms with Gasteiger partial charge in [0.1, 0.15) is 30.7 Å². The van der Waals surface area contributed by atoms with E-state index in [1.54, 1.807) is 12.1 Å². The molecule has 0 aliphatic carbocycles. The van der Waals surface area contributed by atoms with E-state index in [1.165, 1.54) is 18.1 Å². The maximum absolute atomic E-state index is 11.7. The molecule has 4 unspecified atom stereocenters. The van der Waals surface area contributed by atoms with Crippen LogP contribution in [0.2, 0.25) is 0 Å². The Bertz CT molecular complexity index is 1080. The van der Waals surface area contributed by atoms with Gasteiger partial charge in [-0.25, -0.2) is 21.7 Å². The van der Waals surface area contributed by atoms with E-state index in [9.17, 15) is 4.79 Å². The number of hydrazine groups is 2. The molecule has 2 heterocycles. The van der Waals surface area contributed by atoms with Crippen molar-refractivity contribution in [1.29, 1.82) is 0 Å². The highest BCUT2D eigenvalue weighted by Gasteiger charge is 2.31. The third kappa shape index (κ3) is 5.02. The zero-order valence-electron chi connectivity index (χ0n) is 19.3. The highest BCUT2D eigenvalue weighted by atomic mass is 16.6. The molecule has 4 N–H and O–H groups in total. The highest BCUT2D eigenvalue weighted by molar-refractivity contribution is 5.69. The van der Waals surface area contributed by atoms with Crippen LogP contribution in [0.1, 0.15) is 65.2 Å². The predicted octanol–water partition coefficient (Wildman–Crippen LogP) is 3.87. The third-order valence-electron chi connectivity index (χ3n) is 5.81. The number of hydrogen-bond acceptors (Lipinski definition) is 8. The molecule has 3 aromatic carbocycles. The lowest BCUT2D eigenvalue weighted by Crippen LogP contribution is -2.27. The second-order valence-corrected chi connectivity index (χ2v) is 8.62. The summed E-state index contributed by atoms with van der Waals surface area (Å²) in [5, 5.41) is 0. The van der Waals surface area contributed by atoms with Gasteiger partial charge in [0.2, 0.25) is 0 Å². The largest absolute Gasteiger partial charge is 0.427 e. The summed E-state index contributed by atoms with van der Waals surface area (Å²) in [7, 11) is 0. The van der Waals surface area contributed by atoms with Gasteiger partial charge in [-0.2, -0.15) is 0 Å². The minimum Gasteiger partial charge on any atom is -0.427 e. The van der Waals surface area contributed by atoms with Gasteiger partial charge >= 0.3 is 5.97 Å². The molecule has 3 aromatic rings. The number of aryl methyl sites for hydroxylation is 2. The lowest BCUT2D eigenvalue weighted by molar-refractivity contribution is -0.131. The number of esters is 1. The molecule has 0 bridgehead atoms. The number of hydrogen-bond donors (Lipinski definition) is 4. The van der Waals surface area contributed by atoms with Crippen LogP contribution in [-0.4, -0.2) is 5.97 Å². The van der Waals surface area contributed by atoms with Crippen LogP contribution in [-0.2, 0) is 14.3 Å². The average Bonchev–Trinajstić information content (AvgIpc) is 3.50. The fraction of sp³-hybridized carbons (Fsp3) is 0.269. The second kappa shape index (κ2) is 9.63. The van der Waals surface area contributed by atoms with Crippen LogP contribution in [0.4, 0.5) is 0 Å². The monoisotopic (exact) mass is 460 g/mol. The van der Waals surface area contributed by atoms with Crippen LogP contribution in [0.15, 0.2) is 66.7 Å². The summed E-state index contributed by atoms with van der Waals surface area (Å²) < 4.78 is 17.8. The van der Waals surface area contributed by atoms with E-state index >= 15 is 0 Å². The summed E-state index contributed by atoms with van der Waals surface area (Å²) in [5.74, 6) is 0.0309. The zero-order valence-corrected chi connectivity index (χ0v) is 19.3. The van der Waals surface area contributed by atoms with Crippen LogP contribution in [0.5, 0.6) is 5.75 Å². The molecule has 0 amide bonds. The van der Waals surface area contributed by atoms with Gasteiger partial charge in [0.15, 0.2) is 0 Å². The van der Waals surface area contributed by atoms with Crippen molar-refractivity contribution in [2.24, 2.45) is 0 Å². The van der Waals surface area contributed by atoms with Gasteiger partial charge in [-0.05, 0) is 43.2 Å². The number of benzene rings is 3. The Morgan fingerprint density at radius 3 is 1.41 bits per heavy atom. The Morgan fingerprint density at radius 1 is 0.647 bits per heavy atom. The number of nitrogens with one attached hydrogen (secondary N) is 4. The Morgan fingerprint density at radius 2 is 1.03 bits per heavy atom. The Hall–Kier alpha value is -3.11. The first-order chi connectivity index (χ1) is 16.4. The number of carbonyl (C=O) groups is 1. The molecule has 2 saturated heterocycles. The second-order valence-electron chi connectivity index (χ2n) is 8.62. The van der Waals surface area contributed by atoms with Crippen LogP contribution in [0.3, 0.4) is 0 Å². The van der Waals surface area contributed by atoms with Gasteiger partial charge in [0.05, 0.1) is 0 Å². The van der Waals surface area contributed by atoms with E-state index in [2.05, 4.69) is 21.7 Å². The molecule has 4 atom stereocenters. The Kier molecular flexibility index (Phi) is 6.42. The molecule has 8 nitrogen and oxygen atoms in total. The van der Waals surface area contributed by atoms with E-state index in [0.717, 1.165) is 22.3 Å². The molecular formula is C26H28N4O4. The SMILES string of the molecule is CC(=O)Oc1cc(C2NNC(c3ccc(C)cc3)O2)cc(C2NNC(c3ccc(C)cc3)O2)c1. The van der Waals surface area contributed by atoms with Gasteiger partial charge in [0, 0.05) is 18.1 Å². The third-order valence-corrected chi connectivity index (χ3v) is 5.81. The fourth-order valence-corrected chi connectivity index (χ4v) is 4.01. The summed E-state index contributed by atoms with van der Waals surface area (Å²) in [5.41, 5.74) is 18.8. The summed E-state index contributed by atoms with van der Waals surface area (Å²) in [6.07, 6.45) is -1.50. The summed E-state index contributed by atoms with van der Waals surface area (Å²) >= 11 is 0. The Balaban J connectivity index is 1.36. The first-order valence-electron chi connectivity index (χ1n) is 11.2. The van der Waals surface area contributed by atoms with E-state index in [1.807, 2.05) is 68.4 Å². The fourth-order valence-electron chi connectivity index (χ4n) is 4.01. The van der Waals surface area contributed by atoms with Crippen LogP contribution in [0.25, 0.3) is 0 Å². The van der Waals surface area contributed by atoms with Crippen molar-refractivity contribution < 1.29 is 19.0 Å². The van der Waals surface area contributed by atoms with Gasteiger partial charge in [-0.1, -0.05) is 59.7 Å². The molecule has 0 spiro atoms. The van der Waals surface area contributed by atoms with Crippen LogP contribution >= 0.6 is 0 Å². The van der Waals surface area contributed by atoms with Crippen molar-refractivity contribution in [3.8, 4) is 5.75 Å². The summed E-state index contributed by atoms with van der Waals surface area (Å²) in [6.45, 7) is 5.48. The number of ether oxygens (including phenoxy) is 3. The molecule has 34 heavy (non-hydrogen) atoms. The average molecular weight is 461 g/mol. The molecule has 2 aliphatic rings. The standard InChI is InChI=1S/C26H28N4O4/c1-15-4-8-18(9-5-15)23-27-29-25(33-23)20-12-21(14-22(13-20)32-17(3)31)26-30-28-24(34-26)19-10-6-16(2)7-11-19/h4-14,23-30H,1-3H3. The molecule has 176 valence electrons. The normalized spacial score (nSPS) is 24.3. The zero-order chi connectivity index (χ0) is 23.7. The van der Waals surface area contributed by atoms with E-state index in [0.29, 0.717) is 5.75 Å². The maximum Gasteiger partial charge on any atom is 0.308 e. The predicted molar refractivity (Wildman–Crippen MR) is 126 cm³/mol. The Labute approximate surface area is 198 Å². The number of carbonyl (C=O) groups excluding carboxylic acids is 1. The molecule has 0 aromatic heterocycles. The van der Waals surface area contributed by atoms with Crippen molar-refractivity contribution in [1.82, 2.24) is 21.7 Å². The first-order valence-corrected chi connectivity index (χ1v) is 11.2. The van der Waals surface area contributed by atoms with Crippen molar-refractivity contribution in [3.05, 3.63) is 100 Å². The maximum atomic E-state index is 11.7. The molecule has 2 aliphatic heterocycles. The van der Waals surface area contributed by atoms with Gasteiger partial charge < -0.3 is 14.2 Å². The van der Waals surface area contributed by atoms with Crippen molar-refractivity contribution in [2.75, 3.05) is 0 Å². The van der Waals surface area contributed by atoms with Crippen LogP contribution in [0, 0.1) is 13.8 Å². The molecular weight excluding hydrogens is 432 g/mol. The molecule has 0 radical (unpaired) electrons. The summed E-state index contributed by atoms with van der Waals surface area (Å²) in [4.78, 5) is 11.7. The van der Waals surface area contributed by atoms with Crippen molar-refractivity contribution >= 4 is 5.97 Å². The molecule has 8 heteroatoms. The lowest BCUT2D eigenvalue weighted by atomic mass is 10.1. The quantitative estimate of drug-likeness (QED) is 0.337. The summed E-state index contributed by atoms with van der Waals surface area (Å²) in [6, 6.07) is 21.9. The lowest BCUT2D eigenvalue weighted by Gasteiger charge is -2.17. The van der Waals surface area contributed by atoms with Crippen LogP contribution < -0.4 is 26.4 Å². The van der Waals surface area contributed by atoms with Crippen molar-refractivity contribution in [2.45, 2.75) is 45.7 Å². The van der Waals surface area contributed by atoms with E-state index < -0.39 is 18.4 Å². The van der Waals surface area contributed by atoms with Crippen molar-refractivity contribution in [3.63, 3.8) is 0 Å². The van der Waals surface area contributed by atoms with E-state index in [-0.39, 0.29) is 12.5 Å². The van der Waals surface area contributed by atoms with Gasteiger partial charge in [-0.3, -0.25) is 4.79 Å². The van der Waals surface area contributed by atoms with E-state index in [4.69, 9.17) is 14.2 Å². The minimum atomic E-state index is -0.442. The highest BCUT2D eigenvalue weighted by Crippen LogP contribution is 2.34. The topological polar surface area (TPSA) is 92.9 Å². The molecule has 5 rings (SSSR count). The smallest absolute Gasteiger partial charge is 0.308 e. The minimum absolute atomic E-state index is 0.306.